The highest BCUT2D eigenvalue weighted by molar-refractivity contribution is 5.88. The van der Waals surface area contributed by atoms with E-state index in [4.69, 9.17) is 4.74 Å². The molecule has 4 nitrogen and oxygen atoms in total. The van der Waals surface area contributed by atoms with Crippen molar-refractivity contribution in [2.75, 3.05) is 0 Å². The molecule has 20 heavy (non-hydrogen) atoms. The van der Waals surface area contributed by atoms with Crippen LogP contribution in [-0.4, -0.2) is 22.4 Å². The summed E-state index contributed by atoms with van der Waals surface area (Å²) in [6.07, 6.45) is -5.00. The van der Waals surface area contributed by atoms with E-state index in [9.17, 15) is 28.2 Å². The first-order valence-electron chi connectivity index (χ1n) is 5.47. The molecule has 0 saturated heterocycles. The Morgan fingerprint density at radius 3 is 2.35 bits per heavy atom. The van der Waals surface area contributed by atoms with E-state index in [-0.39, 0.29) is 11.3 Å². The molecule has 0 amide bonds. The highest BCUT2D eigenvalue weighted by Gasteiger charge is 2.52. The number of hydrogen-bond donors (Lipinski definition) is 2. The number of rotatable bonds is 3. The van der Waals surface area contributed by atoms with Gasteiger partial charge in [0.2, 0.25) is 0 Å². The monoisotopic (exact) mass is 290 g/mol. The van der Waals surface area contributed by atoms with Crippen molar-refractivity contribution in [3.05, 3.63) is 35.9 Å². The molecule has 0 saturated carbocycles. The molecule has 0 fully saturated rings. The average molecular weight is 290 g/mol. The van der Waals surface area contributed by atoms with Gasteiger partial charge in [0.25, 0.3) is 0 Å². The first-order chi connectivity index (χ1) is 8.96. The number of aliphatic hydroxyl groups is 1. The molecule has 0 aliphatic carbocycles. The Kier molecular flexibility index (Phi) is 4.14. The van der Waals surface area contributed by atoms with Crippen molar-refractivity contribution in [2.45, 2.75) is 25.6 Å². The van der Waals surface area contributed by atoms with Gasteiger partial charge in [0.05, 0.1) is 0 Å². The Bertz CT molecular complexity index is 547. The lowest BCUT2D eigenvalue weighted by Crippen LogP contribution is -2.39. The first-order valence-corrected chi connectivity index (χ1v) is 5.47. The molecule has 1 aromatic carbocycles. The number of carbonyl (C=O) groups is 1. The van der Waals surface area contributed by atoms with Gasteiger partial charge < -0.3 is 14.9 Å². The van der Waals surface area contributed by atoms with Crippen LogP contribution >= 0.6 is 0 Å². The third-order valence-corrected chi connectivity index (χ3v) is 2.60. The molecular formula is C13H13F3O4. The molecule has 2 N–H and O–H groups in total. The van der Waals surface area contributed by atoms with Gasteiger partial charge in [-0.2, -0.15) is 13.2 Å². The lowest BCUT2D eigenvalue weighted by Gasteiger charge is -2.27. The zero-order valence-electron chi connectivity index (χ0n) is 10.8. The minimum Gasteiger partial charge on any atom is -0.508 e. The number of esters is 1. The summed E-state index contributed by atoms with van der Waals surface area (Å²) in [7, 11) is 0. The number of hydrogen-bond acceptors (Lipinski definition) is 4. The van der Waals surface area contributed by atoms with Crippen LogP contribution in [0.25, 0.3) is 0 Å². The van der Waals surface area contributed by atoms with Gasteiger partial charge in [0, 0.05) is 11.1 Å². The Morgan fingerprint density at radius 2 is 1.90 bits per heavy atom. The van der Waals surface area contributed by atoms with Crippen molar-refractivity contribution < 1.29 is 32.9 Å². The summed E-state index contributed by atoms with van der Waals surface area (Å²) >= 11 is 0. The molecule has 0 bridgehead atoms. The van der Waals surface area contributed by atoms with Crippen LogP contribution in [0, 0.1) is 0 Å². The molecule has 0 heterocycles. The molecule has 0 aromatic heterocycles. The van der Waals surface area contributed by atoms with Crippen molar-refractivity contribution in [1.29, 1.82) is 0 Å². The standard InChI is InChI=1S/C13H13F3O4/c1-7(2)11(18)20-8-4-5-10(17)9(6-8)12(3,19)13(14,15)16/h4-6,17,19H,1H2,2-3H3. The molecule has 1 atom stereocenters. The first kappa shape index (κ1) is 16.0. The normalized spacial score (nSPS) is 14.5. The van der Waals surface area contributed by atoms with Gasteiger partial charge >= 0.3 is 12.1 Å². The van der Waals surface area contributed by atoms with E-state index in [2.05, 4.69) is 6.58 Å². The summed E-state index contributed by atoms with van der Waals surface area (Å²) in [6.45, 7) is 5.19. The third-order valence-electron chi connectivity index (χ3n) is 2.60. The topological polar surface area (TPSA) is 66.8 Å². The quantitative estimate of drug-likeness (QED) is 0.510. The number of carbonyl (C=O) groups excluding carboxylic acids is 1. The fourth-order valence-corrected chi connectivity index (χ4v) is 1.32. The molecule has 0 aliphatic heterocycles. The Labute approximate surface area is 113 Å². The van der Waals surface area contributed by atoms with Gasteiger partial charge in [-0.25, -0.2) is 4.79 Å². The molecule has 7 heteroatoms. The number of ether oxygens (including phenoxy) is 1. The van der Waals surface area contributed by atoms with Gasteiger partial charge in [0.15, 0.2) is 5.60 Å². The van der Waals surface area contributed by atoms with Gasteiger partial charge in [-0.15, -0.1) is 0 Å². The number of halogens is 3. The SMILES string of the molecule is C=C(C)C(=O)Oc1ccc(O)c(C(C)(O)C(F)(F)F)c1. The van der Waals surface area contributed by atoms with Crippen LogP contribution in [-0.2, 0) is 10.4 Å². The minimum absolute atomic E-state index is 0.0576. The second kappa shape index (κ2) is 5.16. The van der Waals surface area contributed by atoms with E-state index in [1.165, 1.54) is 6.92 Å². The molecule has 1 rings (SSSR count). The summed E-state index contributed by atoms with van der Waals surface area (Å²) in [5.74, 6) is -1.83. The average Bonchev–Trinajstić information content (AvgIpc) is 2.29. The van der Waals surface area contributed by atoms with Crippen LogP contribution in [0.5, 0.6) is 11.5 Å². The number of benzene rings is 1. The zero-order valence-corrected chi connectivity index (χ0v) is 10.8. The van der Waals surface area contributed by atoms with Crippen LogP contribution < -0.4 is 4.74 Å². The predicted molar refractivity (Wildman–Crippen MR) is 64.2 cm³/mol. The Balaban J connectivity index is 3.23. The lowest BCUT2D eigenvalue weighted by atomic mass is 9.94. The van der Waals surface area contributed by atoms with Crippen LogP contribution in [0.1, 0.15) is 19.4 Å². The predicted octanol–water partition coefficient (Wildman–Crippen LogP) is 2.64. The molecular weight excluding hydrogens is 277 g/mol. The van der Waals surface area contributed by atoms with Crippen LogP contribution in [0.4, 0.5) is 13.2 Å². The smallest absolute Gasteiger partial charge is 0.421 e. The van der Waals surface area contributed by atoms with Crippen LogP contribution in [0.2, 0.25) is 0 Å². The second-order valence-electron chi connectivity index (χ2n) is 4.42. The zero-order chi connectivity index (χ0) is 15.7. The number of phenols is 1. The van der Waals surface area contributed by atoms with Crippen molar-refractivity contribution in [3.8, 4) is 11.5 Å². The number of aromatic hydroxyl groups is 1. The highest BCUT2D eigenvalue weighted by Crippen LogP contribution is 2.43. The number of phenolic OH excluding ortho intramolecular Hbond substituents is 1. The molecule has 110 valence electrons. The molecule has 0 radical (unpaired) electrons. The van der Waals surface area contributed by atoms with Gasteiger partial charge in [-0.05, 0) is 32.0 Å². The fraction of sp³-hybridized carbons (Fsp3) is 0.308. The summed E-state index contributed by atoms with van der Waals surface area (Å²) < 4.78 is 43.0. The van der Waals surface area contributed by atoms with Gasteiger partial charge in [0.1, 0.15) is 11.5 Å². The highest BCUT2D eigenvalue weighted by atomic mass is 19.4. The molecule has 1 aromatic rings. The van der Waals surface area contributed by atoms with E-state index >= 15 is 0 Å². The third kappa shape index (κ3) is 3.11. The largest absolute Gasteiger partial charge is 0.508 e. The van der Waals surface area contributed by atoms with Crippen molar-refractivity contribution in [2.24, 2.45) is 0 Å². The van der Waals surface area contributed by atoms with E-state index in [0.717, 1.165) is 18.2 Å². The van der Waals surface area contributed by atoms with Crippen molar-refractivity contribution >= 4 is 5.97 Å². The van der Waals surface area contributed by atoms with Crippen molar-refractivity contribution in [3.63, 3.8) is 0 Å². The summed E-state index contributed by atoms with van der Waals surface area (Å²) in [6, 6.07) is 2.76. The Morgan fingerprint density at radius 1 is 1.35 bits per heavy atom. The molecule has 0 aliphatic rings. The van der Waals surface area contributed by atoms with Crippen molar-refractivity contribution in [1.82, 2.24) is 0 Å². The fourth-order valence-electron chi connectivity index (χ4n) is 1.32. The summed E-state index contributed by atoms with van der Waals surface area (Å²) in [4.78, 5) is 11.3. The van der Waals surface area contributed by atoms with Crippen LogP contribution in [0.3, 0.4) is 0 Å². The lowest BCUT2D eigenvalue weighted by molar-refractivity contribution is -0.259. The minimum atomic E-state index is -5.00. The van der Waals surface area contributed by atoms with Crippen LogP contribution in [0.15, 0.2) is 30.4 Å². The maximum absolute atomic E-state index is 12.7. The maximum atomic E-state index is 12.7. The van der Waals surface area contributed by atoms with E-state index in [1.807, 2.05) is 0 Å². The number of alkyl halides is 3. The molecule has 0 spiro atoms. The molecule has 1 unspecified atom stereocenters. The maximum Gasteiger partial charge on any atom is 0.421 e. The van der Waals surface area contributed by atoms with Gasteiger partial charge in [-0.3, -0.25) is 0 Å². The summed E-state index contributed by atoms with van der Waals surface area (Å²) in [5.41, 5.74) is -4.03. The van der Waals surface area contributed by atoms with Gasteiger partial charge in [-0.1, -0.05) is 6.58 Å². The second-order valence-corrected chi connectivity index (χ2v) is 4.42. The Hall–Kier alpha value is -2.02. The van der Waals surface area contributed by atoms with E-state index in [0.29, 0.717) is 6.92 Å². The van der Waals surface area contributed by atoms with E-state index in [1.54, 1.807) is 0 Å². The van der Waals surface area contributed by atoms with E-state index < -0.39 is 29.1 Å². The summed E-state index contributed by atoms with van der Waals surface area (Å²) in [5, 5.41) is 19.0.